The van der Waals surface area contributed by atoms with E-state index in [9.17, 15) is 18.4 Å². The number of hydrogen-bond acceptors (Lipinski definition) is 4. The molecule has 0 radical (unpaired) electrons. The van der Waals surface area contributed by atoms with Crippen molar-refractivity contribution in [1.29, 1.82) is 0 Å². The van der Waals surface area contributed by atoms with Crippen LogP contribution in [0.1, 0.15) is 12.0 Å². The van der Waals surface area contributed by atoms with Crippen molar-refractivity contribution in [2.45, 2.75) is 13.0 Å². The molecule has 1 aliphatic heterocycles. The van der Waals surface area contributed by atoms with Crippen LogP contribution in [0.25, 0.3) is 0 Å². The van der Waals surface area contributed by atoms with Gasteiger partial charge in [-0.15, -0.1) is 0 Å². The topological polar surface area (TPSA) is 67.9 Å². The van der Waals surface area contributed by atoms with Crippen LogP contribution in [0.5, 0.6) is 11.5 Å². The summed E-state index contributed by atoms with van der Waals surface area (Å²) in [7, 11) is 3.06. The molecule has 2 amide bonds. The Morgan fingerprint density at radius 3 is 2.61 bits per heavy atom. The van der Waals surface area contributed by atoms with Crippen molar-refractivity contribution in [1.82, 2.24) is 5.32 Å². The highest BCUT2D eigenvalue weighted by atomic mass is 19.2. The number of benzene rings is 2. The molecule has 28 heavy (non-hydrogen) atoms. The minimum atomic E-state index is -1.04. The molecule has 148 valence electrons. The predicted molar refractivity (Wildman–Crippen MR) is 98.2 cm³/mol. The maximum Gasteiger partial charge on any atom is 0.239 e. The zero-order chi connectivity index (χ0) is 20.3. The van der Waals surface area contributed by atoms with E-state index < -0.39 is 29.4 Å². The molecular formula is C20H20F2N2O4. The van der Waals surface area contributed by atoms with E-state index in [0.29, 0.717) is 17.9 Å². The van der Waals surface area contributed by atoms with Crippen LogP contribution in [-0.2, 0) is 16.1 Å². The summed E-state index contributed by atoms with van der Waals surface area (Å²) < 4.78 is 37.0. The fraction of sp³-hybridized carbons (Fsp3) is 0.300. The highest BCUT2D eigenvalue weighted by Gasteiger charge is 2.37. The number of hydrogen-bond donors (Lipinski definition) is 1. The van der Waals surface area contributed by atoms with Gasteiger partial charge >= 0.3 is 0 Å². The van der Waals surface area contributed by atoms with Gasteiger partial charge in [0.15, 0.2) is 11.6 Å². The van der Waals surface area contributed by atoms with Crippen molar-refractivity contribution in [2.75, 3.05) is 25.7 Å². The third-order valence-corrected chi connectivity index (χ3v) is 4.68. The number of ether oxygens (including phenoxy) is 2. The van der Waals surface area contributed by atoms with Crippen molar-refractivity contribution in [3.8, 4) is 11.5 Å². The molecule has 0 bridgehead atoms. The molecule has 1 atom stereocenters. The normalized spacial score (nSPS) is 16.2. The van der Waals surface area contributed by atoms with E-state index in [0.717, 1.165) is 17.7 Å². The zero-order valence-electron chi connectivity index (χ0n) is 15.5. The summed E-state index contributed by atoms with van der Waals surface area (Å²) in [6, 6.07) is 8.44. The monoisotopic (exact) mass is 390 g/mol. The lowest BCUT2D eigenvalue weighted by atomic mass is 10.1. The average molecular weight is 390 g/mol. The van der Waals surface area contributed by atoms with Crippen LogP contribution >= 0.6 is 0 Å². The highest BCUT2D eigenvalue weighted by Crippen LogP contribution is 2.28. The Hall–Kier alpha value is -3.16. The van der Waals surface area contributed by atoms with Crippen LogP contribution in [-0.4, -0.2) is 32.6 Å². The summed E-state index contributed by atoms with van der Waals surface area (Å²) >= 11 is 0. The second-order valence-corrected chi connectivity index (χ2v) is 6.33. The van der Waals surface area contributed by atoms with Crippen LogP contribution in [0, 0.1) is 17.6 Å². The van der Waals surface area contributed by atoms with Gasteiger partial charge in [-0.1, -0.05) is 0 Å². The summed E-state index contributed by atoms with van der Waals surface area (Å²) in [6.07, 6.45) is 0.295. The molecule has 1 aliphatic rings. The number of carbonyl (C=O) groups is 2. The number of nitrogens with one attached hydrogen (secondary N) is 1. The number of anilines is 1. The van der Waals surface area contributed by atoms with E-state index in [1.807, 2.05) is 0 Å². The molecule has 1 fully saturated rings. The van der Waals surface area contributed by atoms with E-state index in [2.05, 4.69) is 5.32 Å². The van der Waals surface area contributed by atoms with Crippen molar-refractivity contribution >= 4 is 17.5 Å². The Morgan fingerprint density at radius 2 is 1.93 bits per heavy atom. The van der Waals surface area contributed by atoms with Gasteiger partial charge in [0.1, 0.15) is 17.4 Å². The van der Waals surface area contributed by atoms with E-state index in [1.165, 1.54) is 18.1 Å². The zero-order valence-corrected chi connectivity index (χ0v) is 15.5. The van der Waals surface area contributed by atoms with E-state index in [1.54, 1.807) is 25.3 Å². The Morgan fingerprint density at radius 1 is 1.14 bits per heavy atom. The van der Waals surface area contributed by atoms with Gasteiger partial charge in [0.05, 0.1) is 14.2 Å². The van der Waals surface area contributed by atoms with Crippen molar-refractivity contribution in [2.24, 2.45) is 5.92 Å². The summed E-state index contributed by atoms with van der Waals surface area (Å²) in [4.78, 5) is 26.4. The van der Waals surface area contributed by atoms with Gasteiger partial charge in [-0.05, 0) is 30.7 Å². The minimum absolute atomic E-state index is 0.182. The lowest BCUT2D eigenvalue weighted by Gasteiger charge is -2.17. The summed E-state index contributed by atoms with van der Waals surface area (Å²) in [5.41, 5.74) is 0.968. The predicted octanol–water partition coefficient (Wildman–Crippen LogP) is 2.65. The largest absolute Gasteiger partial charge is 0.497 e. The standard InChI is InChI=1S/C20H20F2N2O4/c1-27-14-5-3-12(18(10-14)28-2)11-23-19(25)15-7-8-24(20(15)26)13-4-6-16(21)17(22)9-13/h3-6,9-10,15H,7-8,11H2,1-2H3,(H,23,25). The van der Waals surface area contributed by atoms with Crippen molar-refractivity contribution in [3.05, 3.63) is 53.6 Å². The first-order valence-electron chi connectivity index (χ1n) is 8.69. The Balaban J connectivity index is 1.65. The molecule has 1 saturated heterocycles. The molecule has 1 heterocycles. The summed E-state index contributed by atoms with van der Waals surface area (Å²) in [6.45, 7) is 0.439. The number of rotatable bonds is 6. The summed E-state index contributed by atoms with van der Waals surface area (Å²) in [5, 5.41) is 2.73. The van der Waals surface area contributed by atoms with E-state index >= 15 is 0 Å². The lowest BCUT2D eigenvalue weighted by molar-refractivity contribution is -0.132. The maximum absolute atomic E-state index is 13.4. The molecule has 2 aromatic rings. The number of methoxy groups -OCH3 is 2. The molecule has 0 aliphatic carbocycles. The van der Waals surface area contributed by atoms with Gasteiger partial charge in [-0.25, -0.2) is 8.78 Å². The van der Waals surface area contributed by atoms with Crippen LogP contribution < -0.4 is 19.7 Å². The Labute approximate surface area is 161 Å². The Kier molecular flexibility index (Phi) is 5.77. The van der Waals surface area contributed by atoms with Crippen LogP contribution in [0.2, 0.25) is 0 Å². The highest BCUT2D eigenvalue weighted by molar-refractivity contribution is 6.09. The SMILES string of the molecule is COc1ccc(CNC(=O)C2CCN(c3ccc(F)c(F)c3)C2=O)c(OC)c1. The third-order valence-electron chi connectivity index (χ3n) is 4.68. The quantitative estimate of drug-likeness (QED) is 0.770. The van der Waals surface area contributed by atoms with Crippen LogP contribution in [0.4, 0.5) is 14.5 Å². The second-order valence-electron chi connectivity index (χ2n) is 6.33. The van der Waals surface area contributed by atoms with Gasteiger partial charge in [-0.3, -0.25) is 9.59 Å². The molecule has 0 aromatic heterocycles. The molecule has 1 N–H and O–H groups in total. The lowest BCUT2D eigenvalue weighted by Crippen LogP contribution is -2.36. The molecule has 1 unspecified atom stereocenters. The van der Waals surface area contributed by atoms with Crippen LogP contribution in [0.3, 0.4) is 0 Å². The molecular weight excluding hydrogens is 370 g/mol. The molecule has 6 nitrogen and oxygen atoms in total. The molecule has 0 saturated carbocycles. The smallest absolute Gasteiger partial charge is 0.239 e. The molecule has 3 rings (SSSR count). The Bertz CT molecular complexity index is 904. The molecule has 8 heteroatoms. The van der Waals surface area contributed by atoms with E-state index in [4.69, 9.17) is 9.47 Å². The maximum atomic E-state index is 13.4. The number of carbonyl (C=O) groups excluding carboxylic acids is 2. The number of halogens is 2. The third kappa shape index (κ3) is 3.90. The van der Waals surface area contributed by atoms with Crippen molar-refractivity contribution in [3.63, 3.8) is 0 Å². The van der Waals surface area contributed by atoms with Gasteiger partial charge in [0, 0.05) is 36.5 Å². The van der Waals surface area contributed by atoms with E-state index in [-0.39, 0.29) is 18.8 Å². The van der Waals surface area contributed by atoms with Gasteiger partial charge in [-0.2, -0.15) is 0 Å². The van der Waals surface area contributed by atoms with Gasteiger partial charge in [0.2, 0.25) is 11.8 Å². The van der Waals surface area contributed by atoms with Crippen molar-refractivity contribution < 1.29 is 27.8 Å². The van der Waals surface area contributed by atoms with Gasteiger partial charge in [0.25, 0.3) is 0 Å². The fourth-order valence-corrected chi connectivity index (χ4v) is 3.14. The second kappa shape index (κ2) is 8.24. The number of nitrogens with zero attached hydrogens (tertiary/aromatic N) is 1. The first-order chi connectivity index (χ1) is 13.4. The fourth-order valence-electron chi connectivity index (χ4n) is 3.14. The molecule has 0 spiro atoms. The molecule has 2 aromatic carbocycles. The number of amides is 2. The van der Waals surface area contributed by atoms with Crippen LogP contribution in [0.15, 0.2) is 36.4 Å². The average Bonchev–Trinajstić information content (AvgIpc) is 3.09. The minimum Gasteiger partial charge on any atom is -0.497 e. The summed E-state index contributed by atoms with van der Waals surface area (Å²) in [5.74, 6) is -2.58. The van der Waals surface area contributed by atoms with Gasteiger partial charge < -0.3 is 19.7 Å². The first-order valence-corrected chi connectivity index (χ1v) is 8.69. The first kappa shape index (κ1) is 19.6.